The molecule has 0 unspecified atom stereocenters. The van der Waals surface area contributed by atoms with E-state index >= 15 is 0 Å². The lowest BCUT2D eigenvalue weighted by molar-refractivity contribution is -0.120. The summed E-state index contributed by atoms with van der Waals surface area (Å²) in [4.78, 5) is 24.1. The molecule has 0 fully saturated rings. The number of urea groups is 1. The highest BCUT2D eigenvalue weighted by molar-refractivity contribution is 6.30. The van der Waals surface area contributed by atoms with Crippen molar-refractivity contribution < 1.29 is 9.59 Å². The number of carbonyl (C=O) groups is 2. The number of nitrogens with zero attached hydrogens (tertiary/aromatic N) is 1. The maximum atomic E-state index is 11.4. The molecule has 5 nitrogen and oxygen atoms in total. The smallest absolute Gasteiger partial charge is 0.318 e. The predicted octanol–water partition coefficient (Wildman–Crippen LogP) is 2.35. The van der Waals surface area contributed by atoms with Gasteiger partial charge in [-0.3, -0.25) is 10.1 Å². The van der Waals surface area contributed by atoms with Gasteiger partial charge in [-0.1, -0.05) is 30.7 Å². The molecule has 21 heavy (non-hydrogen) atoms. The third-order valence-electron chi connectivity index (χ3n) is 3.77. The van der Waals surface area contributed by atoms with Crippen LogP contribution in [-0.2, 0) is 4.79 Å². The Bertz CT molecular complexity index is 490. The summed E-state index contributed by atoms with van der Waals surface area (Å²) in [6.45, 7) is 4.79. The van der Waals surface area contributed by atoms with E-state index in [0.29, 0.717) is 12.5 Å². The highest BCUT2D eigenvalue weighted by Crippen LogP contribution is 2.23. The largest absolute Gasteiger partial charge is 0.351 e. The molecule has 6 heteroatoms. The monoisotopic (exact) mass is 311 g/mol. The average molecular weight is 312 g/mol. The first kappa shape index (κ1) is 17.5. The van der Waals surface area contributed by atoms with Gasteiger partial charge in [0.2, 0.25) is 5.91 Å². The standard InChI is InChI=1S/C15H22ClN3O2/c1-10(12-4-6-13(16)7-5-12)11(2)19(3)9-8-14(20)18-15(17)21/h4-7,10-11H,8-9H2,1-3H3,(H3,17,18,20,21)/t10-,11-/m0/s1. The number of amides is 3. The van der Waals surface area contributed by atoms with Crippen molar-refractivity contribution in [2.75, 3.05) is 13.6 Å². The number of rotatable bonds is 6. The molecular formula is C15H22ClN3O2. The minimum absolute atomic E-state index is 0.233. The molecule has 0 aromatic heterocycles. The zero-order valence-corrected chi connectivity index (χ0v) is 13.4. The van der Waals surface area contributed by atoms with Crippen molar-refractivity contribution >= 4 is 23.5 Å². The van der Waals surface area contributed by atoms with E-state index in [2.05, 4.69) is 24.1 Å². The Kier molecular flexibility index (Phi) is 6.65. The molecule has 1 aromatic carbocycles. The quantitative estimate of drug-likeness (QED) is 0.846. The number of hydrogen-bond acceptors (Lipinski definition) is 3. The highest BCUT2D eigenvalue weighted by Gasteiger charge is 2.19. The zero-order valence-electron chi connectivity index (χ0n) is 12.6. The van der Waals surface area contributed by atoms with Gasteiger partial charge in [0.15, 0.2) is 0 Å². The van der Waals surface area contributed by atoms with Crippen molar-refractivity contribution in [3.63, 3.8) is 0 Å². The van der Waals surface area contributed by atoms with Gasteiger partial charge >= 0.3 is 6.03 Å². The molecule has 3 N–H and O–H groups in total. The maximum absolute atomic E-state index is 11.4. The Morgan fingerprint density at radius 1 is 1.29 bits per heavy atom. The predicted molar refractivity (Wildman–Crippen MR) is 84.3 cm³/mol. The zero-order chi connectivity index (χ0) is 16.0. The van der Waals surface area contributed by atoms with Gasteiger partial charge in [-0.25, -0.2) is 4.79 Å². The molecule has 0 aliphatic heterocycles. The lowest BCUT2D eigenvalue weighted by atomic mass is 9.93. The van der Waals surface area contributed by atoms with Crippen LogP contribution < -0.4 is 11.1 Å². The van der Waals surface area contributed by atoms with Crippen LogP contribution in [0.2, 0.25) is 5.02 Å². The summed E-state index contributed by atoms with van der Waals surface area (Å²) < 4.78 is 0. The summed E-state index contributed by atoms with van der Waals surface area (Å²) in [5.41, 5.74) is 6.10. The lowest BCUT2D eigenvalue weighted by Crippen LogP contribution is -2.39. The normalized spacial score (nSPS) is 13.8. The highest BCUT2D eigenvalue weighted by atomic mass is 35.5. The molecule has 0 heterocycles. The minimum atomic E-state index is -0.815. The summed E-state index contributed by atoms with van der Waals surface area (Å²) in [5, 5.41) is 2.78. The molecule has 0 saturated carbocycles. The van der Waals surface area contributed by atoms with E-state index in [1.165, 1.54) is 5.56 Å². The second-order valence-corrected chi connectivity index (χ2v) is 5.66. The third kappa shape index (κ3) is 5.73. The number of nitrogens with two attached hydrogens (primary N) is 1. The lowest BCUT2D eigenvalue weighted by Gasteiger charge is -2.30. The summed E-state index contributed by atoms with van der Waals surface area (Å²) in [6.07, 6.45) is 0.233. The number of nitrogens with one attached hydrogen (secondary N) is 1. The maximum Gasteiger partial charge on any atom is 0.318 e. The molecular weight excluding hydrogens is 290 g/mol. The van der Waals surface area contributed by atoms with Crippen molar-refractivity contribution in [1.82, 2.24) is 10.2 Å². The van der Waals surface area contributed by atoms with E-state index < -0.39 is 6.03 Å². The van der Waals surface area contributed by atoms with Crippen LogP contribution in [0.1, 0.15) is 31.7 Å². The van der Waals surface area contributed by atoms with Crippen LogP contribution in [0, 0.1) is 0 Å². The van der Waals surface area contributed by atoms with Gasteiger partial charge in [0, 0.05) is 24.0 Å². The fourth-order valence-electron chi connectivity index (χ4n) is 2.11. The van der Waals surface area contributed by atoms with Crippen LogP contribution in [0.25, 0.3) is 0 Å². The van der Waals surface area contributed by atoms with Gasteiger partial charge in [0.05, 0.1) is 0 Å². The molecule has 0 spiro atoms. The van der Waals surface area contributed by atoms with E-state index in [1.807, 2.05) is 31.3 Å². The Labute approximate surface area is 130 Å². The summed E-state index contributed by atoms with van der Waals surface area (Å²) >= 11 is 5.89. The number of carbonyl (C=O) groups excluding carboxylic acids is 2. The first-order valence-electron chi connectivity index (χ1n) is 6.86. The SMILES string of the molecule is C[C@H](c1ccc(Cl)cc1)[C@H](C)N(C)CCC(=O)NC(N)=O. The van der Waals surface area contributed by atoms with E-state index in [-0.39, 0.29) is 18.4 Å². The Balaban J connectivity index is 2.53. The van der Waals surface area contributed by atoms with Crippen molar-refractivity contribution in [3.8, 4) is 0 Å². The van der Waals surface area contributed by atoms with Crippen LogP contribution in [0.5, 0.6) is 0 Å². The number of primary amides is 1. The van der Waals surface area contributed by atoms with E-state index in [4.69, 9.17) is 17.3 Å². The van der Waals surface area contributed by atoms with Gasteiger partial charge in [-0.2, -0.15) is 0 Å². The Morgan fingerprint density at radius 2 is 1.86 bits per heavy atom. The van der Waals surface area contributed by atoms with Gasteiger partial charge < -0.3 is 10.6 Å². The molecule has 3 amide bonds. The van der Waals surface area contributed by atoms with E-state index in [1.54, 1.807) is 0 Å². The summed E-state index contributed by atoms with van der Waals surface area (Å²) in [7, 11) is 1.95. The molecule has 1 rings (SSSR count). The second kappa shape index (κ2) is 8.00. The van der Waals surface area contributed by atoms with Crippen molar-refractivity contribution in [1.29, 1.82) is 0 Å². The van der Waals surface area contributed by atoms with Crippen LogP contribution in [-0.4, -0.2) is 36.5 Å². The number of likely N-dealkylation sites (N-methyl/N-ethyl adjacent to an activating group) is 1. The second-order valence-electron chi connectivity index (χ2n) is 5.22. The molecule has 2 atom stereocenters. The number of hydrogen-bond donors (Lipinski definition) is 2. The van der Waals surface area contributed by atoms with Crippen LogP contribution in [0.15, 0.2) is 24.3 Å². The van der Waals surface area contributed by atoms with Gasteiger partial charge in [-0.05, 0) is 37.6 Å². The van der Waals surface area contributed by atoms with Gasteiger partial charge in [0.1, 0.15) is 0 Å². The van der Waals surface area contributed by atoms with Crippen LogP contribution >= 0.6 is 11.6 Å². The van der Waals surface area contributed by atoms with E-state index in [0.717, 1.165) is 5.02 Å². The topological polar surface area (TPSA) is 75.4 Å². The van der Waals surface area contributed by atoms with Crippen LogP contribution in [0.3, 0.4) is 0 Å². The molecule has 0 radical (unpaired) electrons. The number of imide groups is 1. The fourth-order valence-corrected chi connectivity index (χ4v) is 2.23. The summed E-state index contributed by atoms with van der Waals surface area (Å²) in [6, 6.07) is 7.20. The molecule has 0 bridgehead atoms. The molecule has 116 valence electrons. The average Bonchev–Trinajstić information content (AvgIpc) is 2.43. The first-order valence-corrected chi connectivity index (χ1v) is 7.24. The molecule has 0 aliphatic rings. The minimum Gasteiger partial charge on any atom is -0.351 e. The Hall–Kier alpha value is -1.59. The Morgan fingerprint density at radius 3 is 2.38 bits per heavy atom. The van der Waals surface area contributed by atoms with Crippen LogP contribution in [0.4, 0.5) is 4.79 Å². The third-order valence-corrected chi connectivity index (χ3v) is 4.02. The van der Waals surface area contributed by atoms with Crippen molar-refractivity contribution in [2.24, 2.45) is 5.73 Å². The molecule has 1 aromatic rings. The van der Waals surface area contributed by atoms with Gasteiger partial charge in [-0.15, -0.1) is 0 Å². The van der Waals surface area contributed by atoms with E-state index in [9.17, 15) is 9.59 Å². The first-order chi connectivity index (χ1) is 9.81. The summed E-state index contributed by atoms with van der Waals surface area (Å²) in [5.74, 6) is -0.0628. The van der Waals surface area contributed by atoms with Crippen molar-refractivity contribution in [2.45, 2.75) is 32.2 Å². The van der Waals surface area contributed by atoms with Crippen molar-refractivity contribution in [3.05, 3.63) is 34.9 Å². The molecule has 0 saturated heterocycles. The number of halogens is 1. The van der Waals surface area contributed by atoms with Gasteiger partial charge in [0.25, 0.3) is 0 Å². The fraction of sp³-hybridized carbons (Fsp3) is 0.467. The molecule has 0 aliphatic carbocycles. The number of benzene rings is 1.